The summed E-state index contributed by atoms with van der Waals surface area (Å²) in [6.07, 6.45) is 2.32. The first-order chi connectivity index (χ1) is 8.01. The lowest BCUT2D eigenvalue weighted by atomic mass is 9.89. The van der Waals surface area contributed by atoms with E-state index in [2.05, 4.69) is 29.1 Å². The fourth-order valence-electron chi connectivity index (χ4n) is 2.22. The molecule has 1 rings (SSSR count). The van der Waals surface area contributed by atoms with Crippen LogP contribution in [-0.2, 0) is 7.05 Å². The van der Waals surface area contributed by atoms with E-state index in [1.807, 2.05) is 13.8 Å². The van der Waals surface area contributed by atoms with E-state index in [1.165, 1.54) is 0 Å². The normalized spacial score (nSPS) is 14.9. The van der Waals surface area contributed by atoms with Crippen LogP contribution in [0.3, 0.4) is 0 Å². The smallest absolute Gasteiger partial charge is 0.202 e. The molecule has 1 aromatic rings. The first-order valence-corrected chi connectivity index (χ1v) is 6.15. The second-order valence-electron chi connectivity index (χ2n) is 4.37. The number of carbonyl (C=O) groups is 1. The number of hydrogen-bond acceptors (Lipinski definition) is 4. The lowest BCUT2D eigenvalue weighted by molar-refractivity contribution is 0.0597. The summed E-state index contributed by atoms with van der Waals surface area (Å²) in [6, 6.07) is 0. The van der Waals surface area contributed by atoms with E-state index in [0.717, 1.165) is 19.5 Å². The highest BCUT2D eigenvalue weighted by molar-refractivity contribution is 6.01. The Kier molecular flexibility index (Phi) is 4.40. The molecule has 0 fully saturated rings. The summed E-state index contributed by atoms with van der Waals surface area (Å²) in [5.41, 5.74) is 0.0974. The molecule has 5 nitrogen and oxygen atoms in total. The van der Waals surface area contributed by atoms with Gasteiger partial charge in [-0.1, -0.05) is 26.0 Å². The van der Waals surface area contributed by atoms with Crippen LogP contribution in [0.5, 0.6) is 0 Å². The molecule has 0 aromatic carbocycles. The van der Waals surface area contributed by atoms with Crippen LogP contribution in [0.2, 0.25) is 0 Å². The second-order valence-corrected chi connectivity index (χ2v) is 4.37. The lowest BCUT2D eigenvalue weighted by Crippen LogP contribution is -2.52. The fraction of sp³-hybridized carbons (Fsp3) is 0.750. The molecule has 0 aliphatic carbocycles. The predicted molar refractivity (Wildman–Crippen MR) is 67.0 cm³/mol. The van der Waals surface area contributed by atoms with Crippen LogP contribution in [0.15, 0.2) is 6.20 Å². The van der Waals surface area contributed by atoms with Crippen molar-refractivity contribution in [3.05, 3.63) is 11.9 Å². The molecule has 0 aliphatic heterocycles. The van der Waals surface area contributed by atoms with E-state index >= 15 is 0 Å². The number of aromatic nitrogens is 3. The predicted octanol–water partition coefficient (Wildman–Crippen LogP) is 1.51. The van der Waals surface area contributed by atoms with Crippen LogP contribution in [0.4, 0.5) is 0 Å². The number of carbonyl (C=O) groups excluding carboxylic acids is 1. The van der Waals surface area contributed by atoms with Gasteiger partial charge in [0.15, 0.2) is 0 Å². The molecule has 17 heavy (non-hydrogen) atoms. The first kappa shape index (κ1) is 13.8. The van der Waals surface area contributed by atoms with Crippen molar-refractivity contribution in [2.45, 2.75) is 39.7 Å². The number of likely N-dealkylation sites (N-methyl/N-ethyl adjacent to an activating group) is 1. The van der Waals surface area contributed by atoms with Crippen molar-refractivity contribution in [2.24, 2.45) is 7.05 Å². The van der Waals surface area contributed by atoms with Crippen molar-refractivity contribution in [3.63, 3.8) is 0 Å². The van der Waals surface area contributed by atoms with E-state index < -0.39 is 5.54 Å². The summed E-state index contributed by atoms with van der Waals surface area (Å²) in [4.78, 5) is 14.8. The monoisotopic (exact) mass is 238 g/mol. The van der Waals surface area contributed by atoms with Crippen LogP contribution >= 0.6 is 0 Å². The minimum Gasteiger partial charge on any atom is -0.291 e. The zero-order chi connectivity index (χ0) is 13.1. The molecule has 0 aliphatic rings. The number of rotatable bonds is 6. The van der Waals surface area contributed by atoms with Gasteiger partial charge in [0.2, 0.25) is 5.78 Å². The molecule has 1 atom stereocenters. The number of nitrogens with zero attached hydrogens (tertiary/aromatic N) is 4. The maximum atomic E-state index is 12.6. The Hall–Kier alpha value is -1.23. The highest BCUT2D eigenvalue weighted by Crippen LogP contribution is 2.23. The average molecular weight is 238 g/mol. The van der Waals surface area contributed by atoms with Crippen molar-refractivity contribution in [1.29, 1.82) is 0 Å². The van der Waals surface area contributed by atoms with Gasteiger partial charge in [-0.25, -0.2) is 4.68 Å². The number of ketones is 1. The summed E-state index contributed by atoms with van der Waals surface area (Å²) in [7, 11) is 1.75. The molecular weight excluding hydrogens is 216 g/mol. The summed E-state index contributed by atoms with van der Waals surface area (Å²) >= 11 is 0. The number of hydrogen-bond donors (Lipinski definition) is 0. The molecule has 1 unspecified atom stereocenters. The molecule has 0 saturated carbocycles. The van der Waals surface area contributed by atoms with Crippen molar-refractivity contribution >= 4 is 5.78 Å². The Morgan fingerprint density at radius 1 is 1.41 bits per heavy atom. The Morgan fingerprint density at radius 2 is 2.00 bits per heavy atom. The van der Waals surface area contributed by atoms with Crippen molar-refractivity contribution in [3.8, 4) is 0 Å². The van der Waals surface area contributed by atoms with Crippen molar-refractivity contribution in [2.75, 3.05) is 13.1 Å². The van der Waals surface area contributed by atoms with Crippen molar-refractivity contribution < 1.29 is 4.79 Å². The minimum absolute atomic E-state index is 0.0937. The van der Waals surface area contributed by atoms with Crippen LogP contribution in [0.25, 0.3) is 0 Å². The van der Waals surface area contributed by atoms with Gasteiger partial charge in [0.05, 0.1) is 11.7 Å². The van der Waals surface area contributed by atoms with Gasteiger partial charge >= 0.3 is 0 Å². The maximum Gasteiger partial charge on any atom is 0.202 e. The third kappa shape index (κ3) is 2.39. The molecule has 0 bridgehead atoms. The first-order valence-electron chi connectivity index (χ1n) is 6.15. The molecule has 0 spiro atoms. The van der Waals surface area contributed by atoms with Gasteiger partial charge in [-0.2, -0.15) is 0 Å². The van der Waals surface area contributed by atoms with Gasteiger partial charge in [0, 0.05) is 7.05 Å². The van der Waals surface area contributed by atoms with E-state index in [1.54, 1.807) is 17.9 Å². The molecule has 0 N–H and O–H groups in total. The van der Waals surface area contributed by atoms with Crippen LogP contribution in [0, 0.1) is 0 Å². The highest BCUT2D eigenvalue weighted by Gasteiger charge is 2.38. The highest BCUT2D eigenvalue weighted by atomic mass is 16.1. The molecule has 0 radical (unpaired) electrons. The Morgan fingerprint density at radius 3 is 2.35 bits per heavy atom. The van der Waals surface area contributed by atoms with E-state index in [4.69, 9.17) is 0 Å². The average Bonchev–Trinajstić information content (AvgIpc) is 2.75. The minimum atomic E-state index is -0.473. The van der Waals surface area contributed by atoms with E-state index in [9.17, 15) is 4.79 Å². The lowest BCUT2D eigenvalue weighted by Gasteiger charge is -2.38. The molecule has 0 saturated heterocycles. The van der Waals surface area contributed by atoms with Gasteiger partial charge in [0.25, 0.3) is 0 Å². The van der Waals surface area contributed by atoms with E-state index in [-0.39, 0.29) is 5.78 Å². The van der Waals surface area contributed by atoms with Crippen LogP contribution in [0.1, 0.15) is 44.6 Å². The van der Waals surface area contributed by atoms with Gasteiger partial charge in [0.1, 0.15) is 5.69 Å². The summed E-state index contributed by atoms with van der Waals surface area (Å²) in [6.45, 7) is 9.91. The number of aryl methyl sites for hydroxylation is 1. The van der Waals surface area contributed by atoms with Gasteiger partial charge < -0.3 is 0 Å². The van der Waals surface area contributed by atoms with Crippen LogP contribution < -0.4 is 0 Å². The molecule has 1 aromatic heterocycles. The third-order valence-electron chi connectivity index (χ3n) is 3.59. The molecule has 0 amide bonds. The summed E-state index contributed by atoms with van der Waals surface area (Å²) < 4.78 is 1.54. The summed E-state index contributed by atoms with van der Waals surface area (Å²) in [5.74, 6) is 0.0937. The molecule has 96 valence electrons. The van der Waals surface area contributed by atoms with Crippen LogP contribution in [-0.4, -0.2) is 44.3 Å². The zero-order valence-electron chi connectivity index (χ0n) is 11.4. The van der Waals surface area contributed by atoms with Gasteiger partial charge in [-0.3, -0.25) is 9.69 Å². The number of Topliss-reactive ketones (excluding diaryl/α,β-unsaturated/α-hetero) is 1. The van der Waals surface area contributed by atoms with Crippen molar-refractivity contribution in [1.82, 2.24) is 19.9 Å². The topological polar surface area (TPSA) is 51.0 Å². The summed E-state index contributed by atoms with van der Waals surface area (Å²) in [5, 5.41) is 7.60. The fourth-order valence-corrected chi connectivity index (χ4v) is 2.22. The standard InChI is InChI=1S/C12H22N4O/c1-6-12(4,16(7-2)8-3)11(17)10-9-13-14-15(10)5/h9H,6-8H2,1-5H3. The molecular formula is C12H22N4O. The zero-order valence-corrected chi connectivity index (χ0v) is 11.4. The van der Waals surface area contributed by atoms with E-state index in [0.29, 0.717) is 5.69 Å². The Balaban J connectivity index is 3.09. The third-order valence-corrected chi connectivity index (χ3v) is 3.59. The molecule has 1 heterocycles. The maximum absolute atomic E-state index is 12.6. The second kappa shape index (κ2) is 5.40. The molecule has 5 heteroatoms. The van der Waals surface area contributed by atoms with Gasteiger partial charge in [-0.05, 0) is 26.4 Å². The Bertz CT molecular complexity index is 384. The quantitative estimate of drug-likeness (QED) is 0.705. The Labute approximate surface area is 103 Å². The largest absolute Gasteiger partial charge is 0.291 e. The SMILES string of the molecule is CCN(CC)C(C)(CC)C(=O)c1cnnn1C. The van der Waals surface area contributed by atoms with Gasteiger partial charge in [-0.15, -0.1) is 5.10 Å².